The molecule has 2 heterocycles. The molecular formula is C16H15N3O. The minimum atomic E-state index is -0.389. The minimum absolute atomic E-state index is 0.389. The van der Waals surface area contributed by atoms with Gasteiger partial charge in [-0.25, -0.2) is 4.98 Å². The highest BCUT2D eigenvalue weighted by Crippen LogP contribution is 2.31. The molecule has 2 aromatic carbocycles. The van der Waals surface area contributed by atoms with E-state index in [2.05, 4.69) is 9.47 Å². The molecule has 1 N–H and O–H groups in total. The first-order chi connectivity index (χ1) is 9.83. The molecule has 20 heavy (non-hydrogen) atoms. The van der Waals surface area contributed by atoms with E-state index in [1.54, 1.807) is 0 Å². The van der Waals surface area contributed by atoms with E-state index in [9.17, 15) is 5.11 Å². The van der Waals surface area contributed by atoms with E-state index in [0.29, 0.717) is 13.1 Å². The van der Waals surface area contributed by atoms with Crippen LogP contribution in [0.3, 0.4) is 0 Å². The SMILES string of the molecule is OC1CN(c2ccccc2)c2nc3ccccc3n2C1. The zero-order chi connectivity index (χ0) is 13.5. The Morgan fingerprint density at radius 2 is 1.70 bits per heavy atom. The van der Waals surface area contributed by atoms with Crippen LogP contribution in [0.4, 0.5) is 11.6 Å². The van der Waals surface area contributed by atoms with E-state index in [0.717, 1.165) is 22.7 Å². The summed E-state index contributed by atoms with van der Waals surface area (Å²) in [5.74, 6) is 0.905. The molecule has 1 aliphatic rings. The van der Waals surface area contributed by atoms with Gasteiger partial charge >= 0.3 is 0 Å². The Kier molecular flexibility index (Phi) is 2.50. The van der Waals surface area contributed by atoms with Crippen molar-refractivity contribution in [3.05, 3.63) is 54.6 Å². The van der Waals surface area contributed by atoms with Crippen molar-refractivity contribution in [2.45, 2.75) is 12.6 Å². The van der Waals surface area contributed by atoms with Gasteiger partial charge in [-0.15, -0.1) is 0 Å². The van der Waals surface area contributed by atoms with E-state index in [-0.39, 0.29) is 6.10 Å². The molecule has 0 spiro atoms. The third kappa shape index (κ3) is 1.69. The number of aromatic nitrogens is 2. The van der Waals surface area contributed by atoms with Crippen molar-refractivity contribution in [2.24, 2.45) is 0 Å². The highest BCUT2D eigenvalue weighted by Gasteiger charge is 2.27. The van der Waals surface area contributed by atoms with Crippen molar-refractivity contribution in [1.29, 1.82) is 0 Å². The Morgan fingerprint density at radius 1 is 0.950 bits per heavy atom. The largest absolute Gasteiger partial charge is 0.389 e. The lowest BCUT2D eigenvalue weighted by Gasteiger charge is -2.32. The van der Waals surface area contributed by atoms with Crippen LogP contribution in [0.2, 0.25) is 0 Å². The second-order valence-corrected chi connectivity index (χ2v) is 5.11. The summed E-state index contributed by atoms with van der Waals surface area (Å²) in [5, 5.41) is 10.2. The smallest absolute Gasteiger partial charge is 0.211 e. The van der Waals surface area contributed by atoms with Crippen LogP contribution in [0, 0.1) is 0 Å². The number of para-hydroxylation sites is 3. The van der Waals surface area contributed by atoms with Gasteiger partial charge in [-0.1, -0.05) is 30.3 Å². The predicted molar refractivity (Wildman–Crippen MR) is 79.2 cm³/mol. The molecule has 0 amide bonds. The maximum atomic E-state index is 10.2. The lowest BCUT2D eigenvalue weighted by molar-refractivity contribution is 0.154. The molecule has 0 radical (unpaired) electrons. The predicted octanol–water partition coefficient (Wildman–Crippen LogP) is 2.55. The van der Waals surface area contributed by atoms with E-state index < -0.39 is 0 Å². The van der Waals surface area contributed by atoms with Crippen LogP contribution in [-0.4, -0.2) is 27.3 Å². The van der Waals surface area contributed by atoms with Gasteiger partial charge in [-0.05, 0) is 24.3 Å². The molecule has 0 saturated heterocycles. The molecule has 0 saturated carbocycles. The highest BCUT2D eigenvalue weighted by atomic mass is 16.3. The van der Waals surface area contributed by atoms with Crippen LogP contribution in [0.15, 0.2) is 54.6 Å². The Bertz CT molecular complexity index is 751. The summed E-state index contributed by atoms with van der Waals surface area (Å²) in [6, 6.07) is 18.1. The fraction of sp³-hybridized carbons (Fsp3) is 0.188. The second kappa shape index (κ2) is 4.35. The maximum absolute atomic E-state index is 10.2. The number of aliphatic hydroxyl groups is 1. The summed E-state index contributed by atoms with van der Waals surface area (Å²) >= 11 is 0. The molecule has 100 valence electrons. The van der Waals surface area contributed by atoms with Gasteiger partial charge in [0.15, 0.2) is 0 Å². The molecule has 1 aromatic heterocycles. The first-order valence-corrected chi connectivity index (χ1v) is 6.79. The topological polar surface area (TPSA) is 41.3 Å². The molecule has 4 rings (SSSR count). The standard InChI is InChI=1S/C16H15N3O/c20-13-10-18(12-6-2-1-3-7-12)16-17-14-8-4-5-9-15(14)19(16)11-13/h1-9,13,20H,10-11H2. The lowest BCUT2D eigenvalue weighted by Crippen LogP contribution is -2.38. The van der Waals surface area contributed by atoms with Gasteiger partial charge in [0.2, 0.25) is 5.95 Å². The van der Waals surface area contributed by atoms with Crippen LogP contribution < -0.4 is 4.90 Å². The van der Waals surface area contributed by atoms with Gasteiger partial charge in [0.25, 0.3) is 0 Å². The summed E-state index contributed by atoms with van der Waals surface area (Å²) in [4.78, 5) is 6.80. The summed E-state index contributed by atoms with van der Waals surface area (Å²) in [6.07, 6.45) is -0.389. The maximum Gasteiger partial charge on any atom is 0.211 e. The van der Waals surface area contributed by atoms with E-state index in [1.807, 2.05) is 54.6 Å². The Hall–Kier alpha value is -2.33. The normalized spacial score (nSPS) is 18.2. The number of imidazole rings is 1. The minimum Gasteiger partial charge on any atom is -0.389 e. The number of aliphatic hydroxyl groups excluding tert-OH is 1. The molecule has 0 bridgehead atoms. The number of β-amino-alcohol motifs (C(OH)–C–C–N with tert-alkyl or cyclic N) is 1. The third-order valence-electron chi connectivity index (χ3n) is 3.73. The number of hydrogen-bond acceptors (Lipinski definition) is 3. The highest BCUT2D eigenvalue weighted by molar-refractivity contribution is 5.80. The van der Waals surface area contributed by atoms with Gasteiger partial charge in [0.05, 0.1) is 30.2 Å². The summed E-state index contributed by atoms with van der Waals surface area (Å²) in [7, 11) is 0. The molecule has 0 aliphatic carbocycles. The number of rotatable bonds is 1. The van der Waals surface area contributed by atoms with Crippen LogP contribution in [-0.2, 0) is 6.54 Å². The first kappa shape index (κ1) is 11.5. The zero-order valence-electron chi connectivity index (χ0n) is 11.0. The Morgan fingerprint density at radius 3 is 2.55 bits per heavy atom. The summed E-state index contributed by atoms with van der Waals surface area (Å²) < 4.78 is 2.09. The fourth-order valence-corrected chi connectivity index (χ4v) is 2.84. The number of fused-ring (bicyclic) bond motifs is 3. The summed E-state index contributed by atoms with van der Waals surface area (Å²) in [6.45, 7) is 1.17. The molecule has 0 fully saturated rings. The molecule has 1 aliphatic heterocycles. The van der Waals surface area contributed by atoms with Crippen LogP contribution in [0.25, 0.3) is 11.0 Å². The van der Waals surface area contributed by atoms with E-state index >= 15 is 0 Å². The number of nitrogens with zero attached hydrogens (tertiary/aromatic N) is 3. The van der Waals surface area contributed by atoms with E-state index in [1.165, 1.54) is 0 Å². The van der Waals surface area contributed by atoms with Gasteiger partial charge in [-0.3, -0.25) is 0 Å². The van der Waals surface area contributed by atoms with E-state index in [4.69, 9.17) is 4.98 Å². The molecule has 1 unspecified atom stereocenters. The monoisotopic (exact) mass is 265 g/mol. The molecule has 3 aromatic rings. The zero-order valence-corrected chi connectivity index (χ0v) is 11.0. The van der Waals surface area contributed by atoms with Gasteiger partial charge in [0, 0.05) is 5.69 Å². The second-order valence-electron chi connectivity index (χ2n) is 5.11. The van der Waals surface area contributed by atoms with Crippen molar-refractivity contribution in [2.75, 3.05) is 11.4 Å². The fourth-order valence-electron chi connectivity index (χ4n) is 2.84. The quantitative estimate of drug-likeness (QED) is 0.735. The third-order valence-corrected chi connectivity index (χ3v) is 3.73. The van der Waals surface area contributed by atoms with Crippen molar-refractivity contribution < 1.29 is 5.11 Å². The first-order valence-electron chi connectivity index (χ1n) is 6.79. The van der Waals surface area contributed by atoms with Crippen molar-refractivity contribution >= 4 is 22.7 Å². The van der Waals surface area contributed by atoms with Gasteiger partial charge < -0.3 is 14.6 Å². The average Bonchev–Trinajstić information content (AvgIpc) is 2.86. The van der Waals surface area contributed by atoms with Gasteiger partial charge in [0.1, 0.15) is 0 Å². The Labute approximate surface area is 116 Å². The van der Waals surface area contributed by atoms with Crippen molar-refractivity contribution in [1.82, 2.24) is 9.55 Å². The molecule has 4 nitrogen and oxygen atoms in total. The summed E-state index contributed by atoms with van der Waals surface area (Å²) in [5.41, 5.74) is 3.10. The molecule has 1 atom stereocenters. The van der Waals surface area contributed by atoms with Crippen molar-refractivity contribution in [3.8, 4) is 0 Å². The van der Waals surface area contributed by atoms with Gasteiger partial charge in [-0.2, -0.15) is 0 Å². The number of hydrogen-bond donors (Lipinski definition) is 1. The Balaban J connectivity index is 1.92. The number of anilines is 2. The van der Waals surface area contributed by atoms with Crippen LogP contribution in [0.5, 0.6) is 0 Å². The van der Waals surface area contributed by atoms with Crippen LogP contribution >= 0.6 is 0 Å². The number of benzene rings is 2. The molecule has 4 heteroatoms. The lowest BCUT2D eigenvalue weighted by atomic mass is 10.2. The van der Waals surface area contributed by atoms with Crippen molar-refractivity contribution in [3.63, 3.8) is 0 Å². The molecular weight excluding hydrogens is 250 g/mol. The van der Waals surface area contributed by atoms with Crippen LogP contribution in [0.1, 0.15) is 0 Å². The average molecular weight is 265 g/mol.